The summed E-state index contributed by atoms with van der Waals surface area (Å²) in [6.07, 6.45) is 0. The second-order valence-electron chi connectivity index (χ2n) is 9.25. The molecule has 2 fully saturated rings. The highest BCUT2D eigenvalue weighted by Crippen LogP contribution is 2.77. The van der Waals surface area contributed by atoms with E-state index >= 15 is 0 Å². The molecule has 6 nitrogen and oxygen atoms in total. The fourth-order valence-corrected chi connectivity index (χ4v) is 8.58. The van der Waals surface area contributed by atoms with Gasteiger partial charge in [-0.1, -0.05) is 99.9 Å². The highest BCUT2D eigenvalue weighted by atomic mass is 35.5. The Hall–Kier alpha value is -1.22. The largest absolute Gasteiger partial charge is 0.292 e. The number of benzene rings is 2. The van der Waals surface area contributed by atoms with Crippen molar-refractivity contribution in [2.24, 2.45) is 11.8 Å². The lowest BCUT2D eigenvalue weighted by atomic mass is 9.84. The lowest BCUT2D eigenvalue weighted by molar-refractivity contribution is -0.157. The average Bonchev–Trinajstić information content (AvgIpc) is 3.29. The first kappa shape index (κ1) is 29.3. The molecule has 204 valence electrons. The maximum absolute atomic E-state index is 14.0. The van der Waals surface area contributed by atoms with Crippen LogP contribution in [0.2, 0.25) is 10.0 Å². The third-order valence-corrected chi connectivity index (χ3v) is 12.3. The summed E-state index contributed by atoms with van der Waals surface area (Å²) < 4.78 is -2.16. The number of amides is 3. The molecule has 0 N–H and O–H groups in total. The van der Waals surface area contributed by atoms with Crippen LogP contribution in [0.4, 0.5) is 0 Å². The smallest absolute Gasteiger partial charge is 0.273 e. The van der Waals surface area contributed by atoms with Gasteiger partial charge in [0, 0.05) is 11.1 Å². The molecule has 5 atom stereocenters. The van der Waals surface area contributed by atoms with E-state index in [9.17, 15) is 19.2 Å². The zero-order valence-corrected chi connectivity index (χ0v) is 25.4. The number of rotatable bonds is 5. The monoisotopic (exact) mass is 686 g/mol. The van der Waals surface area contributed by atoms with E-state index in [4.69, 9.17) is 92.8 Å². The molecule has 14 heteroatoms. The highest BCUT2D eigenvalue weighted by molar-refractivity contribution is 6.66. The number of carbonyl (C=O) groups is 4. The molecule has 2 aromatic carbocycles. The van der Waals surface area contributed by atoms with Crippen LogP contribution in [0, 0.1) is 11.8 Å². The van der Waals surface area contributed by atoms with Gasteiger partial charge < -0.3 is 0 Å². The minimum Gasteiger partial charge on any atom is -0.292 e. The maximum atomic E-state index is 14.0. The van der Waals surface area contributed by atoms with Gasteiger partial charge in [-0.05, 0) is 25.1 Å². The number of fused-ring (bicyclic) bond motifs is 5. The second kappa shape index (κ2) is 9.67. The van der Waals surface area contributed by atoms with E-state index in [1.807, 2.05) is 0 Å². The Bertz CT molecular complexity index is 1450. The lowest BCUT2D eigenvalue weighted by Gasteiger charge is -2.38. The van der Waals surface area contributed by atoms with Crippen molar-refractivity contribution >= 4 is 116 Å². The van der Waals surface area contributed by atoms with Gasteiger partial charge in [-0.25, -0.2) is 5.01 Å². The molecule has 1 aliphatic heterocycles. The highest BCUT2D eigenvalue weighted by Gasteiger charge is 2.88. The number of hydrogen-bond donors (Lipinski definition) is 0. The van der Waals surface area contributed by atoms with E-state index in [-0.39, 0.29) is 31.2 Å². The number of nitrogens with zero attached hydrogens (tertiary/aromatic N) is 2. The molecule has 3 aliphatic rings. The lowest BCUT2D eigenvalue weighted by Crippen LogP contribution is -2.59. The van der Waals surface area contributed by atoms with Gasteiger partial charge in [0.15, 0.2) is 10.1 Å². The molecule has 0 unspecified atom stereocenters. The van der Waals surface area contributed by atoms with Gasteiger partial charge in [0.25, 0.3) is 17.7 Å². The number of Topliss-reactive ketones (excluding diaryl/α,β-unsaturated/α-hetero) is 1. The molecule has 3 amide bonds. The van der Waals surface area contributed by atoms with Crippen LogP contribution < -0.4 is 0 Å². The zero-order valence-electron chi connectivity index (χ0n) is 19.4. The number of allylic oxidation sites excluding steroid dienone is 2. The van der Waals surface area contributed by atoms with Gasteiger partial charge in [0.2, 0.25) is 0 Å². The van der Waals surface area contributed by atoms with Crippen molar-refractivity contribution in [2.75, 3.05) is 0 Å². The fourth-order valence-electron chi connectivity index (χ4n) is 5.35. The van der Waals surface area contributed by atoms with E-state index in [0.29, 0.717) is 5.01 Å². The van der Waals surface area contributed by atoms with Crippen LogP contribution in [0.1, 0.15) is 27.6 Å². The summed E-state index contributed by atoms with van der Waals surface area (Å²) in [4.78, 5) is 51.3. The number of carbonyl (C=O) groups excluding carboxylic acids is 4. The van der Waals surface area contributed by atoms with Gasteiger partial charge in [-0.15, -0.1) is 23.2 Å². The van der Waals surface area contributed by atoms with Gasteiger partial charge in [-0.2, -0.15) is 5.01 Å². The van der Waals surface area contributed by atoms with Crippen LogP contribution >= 0.6 is 92.8 Å². The van der Waals surface area contributed by atoms with Crippen LogP contribution in [0.3, 0.4) is 0 Å². The van der Waals surface area contributed by atoms with Crippen LogP contribution in [-0.4, -0.2) is 53.6 Å². The molecule has 0 spiro atoms. The molecular formula is C25H14Cl8N2O4. The number of ketones is 1. The third-order valence-electron chi connectivity index (χ3n) is 7.28. The van der Waals surface area contributed by atoms with Crippen molar-refractivity contribution < 1.29 is 19.2 Å². The summed E-state index contributed by atoms with van der Waals surface area (Å²) in [6, 6.07) is 10.6. The molecule has 1 saturated heterocycles. The third kappa shape index (κ3) is 3.69. The molecule has 5 rings (SSSR count). The molecule has 0 aromatic heterocycles. The number of alkyl halides is 4. The summed E-state index contributed by atoms with van der Waals surface area (Å²) in [5, 5.41) is 0.912. The maximum Gasteiger partial charge on any atom is 0.273 e. The summed E-state index contributed by atoms with van der Waals surface area (Å²) in [7, 11) is 0. The topological polar surface area (TPSA) is 74.8 Å². The Morgan fingerprint density at radius 3 is 1.79 bits per heavy atom. The summed E-state index contributed by atoms with van der Waals surface area (Å²) in [5.74, 6) is -6.45. The molecule has 0 radical (unpaired) electrons. The Morgan fingerprint density at radius 1 is 0.795 bits per heavy atom. The van der Waals surface area contributed by atoms with Crippen molar-refractivity contribution in [1.29, 1.82) is 0 Å². The van der Waals surface area contributed by atoms with Crippen LogP contribution in [0.25, 0.3) is 0 Å². The first-order valence-corrected chi connectivity index (χ1v) is 14.2. The van der Waals surface area contributed by atoms with Crippen molar-refractivity contribution in [2.45, 2.75) is 27.0 Å². The van der Waals surface area contributed by atoms with Crippen LogP contribution in [-0.2, 0) is 9.59 Å². The SMILES string of the molecule is C[C@H](C(=O)c1ccccc1)N(C(=O)c1ccc(Cl)c(Cl)c1)N1C(=O)[C@@H]2[C@@H](C1=O)[C@@]1(Cl)C(Cl)=C(Cl)[C@@]2(Cl)C1(Cl)Cl. The van der Waals surface area contributed by atoms with Crippen molar-refractivity contribution in [3.63, 3.8) is 0 Å². The van der Waals surface area contributed by atoms with Crippen molar-refractivity contribution in [3.05, 3.63) is 79.8 Å². The molecule has 39 heavy (non-hydrogen) atoms. The Labute approximate surface area is 262 Å². The molecule has 1 saturated carbocycles. The zero-order chi connectivity index (χ0) is 28.8. The Morgan fingerprint density at radius 2 is 1.31 bits per heavy atom. The second-order valence-corrected chi connectivity index (χ2v) is 13.3. The first-order valence-electron chi connectivity index (χ1n) is 11.2. The van der Waals surface area contributed by atoms with Gasteiger partial charge in [0.05, 0.1) is 31.9 Å². The van der Waals surface area contributed by atoms with Crippen LogP contribution in [0.15, 0.2) is 58.6 Å². The van der Waals surface area contributed by atoms with E-state index in [1.165, 1.54) is 37.3 Å². The summed E-state index contributed by atoms with van der Waals surface area (Å²) in [6.45, 7) is 1.37. The normalized spacial score (nSPS) is 29.6. The van der Waals surface area contributed by atoms with E-state index in [0.717, 1.165) is 5.01 Å². The Kier molecular flexibility index (Phi) is 7.26. The van der Waals surface area contributed by atoms with Crippen molar-refractivity contribution in [1.82, 2.24) is 10.0 Å². The Balaban J connectivity index is 1.65. The summed E-state index contributed by atoms with van der Waals surface area (Å²) in [5.41, 5.74) is 0.171. The summed E-state index contributed by atoms with van der Waals surface area (Å²) >= 11 is 51.6. The average molecular weight is 690 g/mol. The number of hydrogen-bond acceptors (Lipinski definition) is 4. The minimum absolute atomic E-state index is 0.0368. The van der Waals surface area contributed by atoms with E-state index in [1.54, 1.807) is 18.2 Å². The predicted octanol–water partition coefficient (Wildman–Crippen LogP) is 7.07. The fraction of sp³-hybridized carbons (Fsp3) is 0.280. The van der Waals surface area contributed by atoms with Gasteiger partial charge >= 0.3 is 0 Å². The molecule has 2 aliphatic carbocycles. The molecule has 1 heterocycles. The minimum atomic E-state index is -2.16. The van der Waals surface area contributed by atoms with Gasteiger partial charge in [-0.3, -0.25) is 19.2 Å². The number of halogens is 8. The van der Waals surface area contributed by atoms with Crippen molar-refractivity contribution in [3.8, 4) is 0 Å². The van der Waals surface area contributed by atoms with Crippen LogP contribution in [0.5, 0.6) is 0 Å². The van der Waals surface area contributed by atoms with Gasteiger partial charge in [0.1, 0.15) is 15.8 Å². The number of hydrazine groups is 1. The van der Waals surface area contributed by atoms with E-state index < -0.39 is 55.5 Å². The first-order chi connectivity index (χ1) is 18.1. The molecule has 2 aromatic rings. The van der Waals surface area contributed by atoms with E-state index in [2.05, 4.69) is 0 Å². The number of imide groups is 1. The molecule has 2 bridgehead atoms. The molecular weight excluding hydrogens is 676 g/mol. The quantitative estimate of drug-likeness (QED) is 0.191. The predicted molar refractivity (Wildman–Crippen MR) is 152 cm³/mol. The standard InChI is InChI=1S/C25H14Cl8N2O4/c1-10(17(36)11-5-3-2-4-6-11)34(20(37)12-7-8-13(26)14(27)9-12)35-21(38)15-16(22(35)39)24(31)19(29)18(28)23(15,30)25(24,32)33/h2-10,15-16H,1H3/t10-,15+,16+,23-,24-/m1/s1.